The van der Waals surface area contributed by atoms with Gasteiger partial charge in [0.25, 0.3) is 0 Å². The van der Waals surface area contributed by atoms with Crippen LogP contribution in [0.2, 0.25) is 0 Å². The van der Waals surface area contributed by atoms with Crippen molar-refractivity contribution >= 4 is 29.4 Å². The Kier molecular flexibility index (Phi) is 7.47. The maximum absolute atomic E-state index is 12.4. The average molecular weight is 390 g/mol. The Labute approximate surface area is 164 Å². The first-order valence-corrected chi connectivity index (χ1v) is 10.0. The summed E-state index contributed by atoms with van der Waals surface area (Å²) in [4.78, 5) is 24.3. The van der Waals surface area contributed by atoms with E-state index in [1.54, 1.807) is 13.0 Å². The summed E-state index contributed by atoms with van der Waals surface area (Å²) >= 11 is 1.27. The van der Waals surface area contributed by atoms with Gasteiger partial charge >= 0.3 is 0 Å². The summed E-state index contributed by atoms with van der Waals surface area (Å²) in [5.41, 5.74) is 1.17. The highest BCUT2D eigenvalue weighted by Gasteiger charge is 2.22. The van der Waals surface area contributed by atoms with E-state index in [9.17, 15) is 9.59 Å². The second-order valence-corrected chi connectivity index (χ2v) is 8.64. The molecule has 0 aliphatic carbocycles. The lowest BCUT2D eigenvalue weighted by molar-refractivity contribution is -0.119. The molecule has 1 heterocycles. The van der Waals surface area contributed by atoms with Gasteiger partial charge < -0.3 is 15.2 Å². The molecule has 0 bridgehead atoms. The lowest BCUT2D eigenvalue weighted by Crippen LogP contribution is -2.32. The lowest BCUT2D eigenvalue weighted by Gasteiger charge is -2.27. The standard InChI is InChI=1S/C20H27N3O3S/c1-14-10-17(23-26-14)22-19(25)13-27-12-18(24)21-16(11-20(2,3)4)15-8-6-5-7-9-15/h5-10,16H,11-13H2,1-4H3,(H,21,24)(H,22,23,25). The van der Waals surface area contributed by atoms with Crippen molar-refractivity contribution in [2.75, 3.05) is 16.8 Å². The van der Waals surface area contributed by atoms with E-state index in [4.69, 9.17) is 4.52 Å². The second-order valence-electron chi connectivity index (χ2n) is 7.66. The van der Waals surface area contributed by atoms with E-state index in [2.05, 4.69) is 36.6 Å². The Bertz CT molecular complexity index is 753. The predicted octanol–water partition coefficient (Wildman–Crippen LogP) is 3.95. The van der Waals surface area contributed by atoms with Gasteiger partial charge in [-0.15, -0.1) is 11.8 Å². The van der Waals surface area contributed by atoms with Crippen LogP contribution >= 0.6 is 11.8 Å². The van der Waals surface area contributed by atoms with Crippen LogP contribution in [0.4, 0.5) is 5.82 Å². The van der Waals surface area contributed by atoms with E-state index in [0.29, 0.717) is 11.6 Å². The number of aromatic nitrogens is 1. The van der Waals surface area contributed by atoms with Gasteiger partial charge in [-0.05, 0) is 24.3 Å². The monoisotopic (exact) mass is 389 g/mol. The van der Waals surface area contributed by atoms with Crippen LogP contribution in [-0.2, 0) is 9.59 Å². The van der Waals surface area contributed by atoms with Gasteiger partial charge in [-0.25, -0.2) is 0 Å². The van der Waals surface area contributed by atoms with E-state index < -0.39 is 0 Å². The molecular formula is C20H27N3O3S. The van der Waals surface area contributed by atoms with Crippen LogP contribution in [0.5, 0.6) is 0 Å². The van der Waals surface area contributed by atoms with Crippen molar-refractivity contribution in [3.05, 3.63) is 47.7 Å². The summed E-state index contributed by atoms with van der Waals surface area (Å²) in [6.07, 6.45) is 0.833. The zero-order valence-corrected chi connectivity index (χ0v) is 17.1. The first-order valence-electron chi connectivity index (χ1n) is 8.88. The van der Waals surface area contributed by atoms with Gasteiger partial charge in [0.05, 0.1) is 17.5 Å². The molecule has 2 rings (SSSR count). The minimum Gasteiger partial charge on any atom is -0.360 e. The van der Waals surface area contributed by atoms with Gasteiger partial charge in [0.2, 0.25) is 11.8 Å². The molecule has 0 aliphatic rings. The number of carbonyl (C=O) groups is 2. The van der Waals surface area contributed by atoms with E-state index in [1.165, 1.54) is 11.8 Å². The molecular weight excluding hydrogens is 362 g/mol. The Morgan fingerprint density at radius 1 is 1.15 bits per heavy atom. The first kappa shape index (κ1) is 21.0. The highest BCUT2D eigenvalue weighted by atomic mass is 32.2. The van der Waals surface area contributed by atoms with Crippen LogP contribution in [0.3, 0.4) is 0 Å². The number of amides is 2. The van der Waals surface area contributed by atoms with Gasteiger partial charge in [-0.3, -0.25) is 9.59 Å². The third-order valence-corrected chi connectivity index (χ3v) is 4.65. The quantitative estimate of drug-likeness (QED) is 0.714. The minimum atomic E-state index is -0.213. The molecule has 2 amide bonds. The van der Waals surface area contributed by atoms with Gasteiger partial charge in [-0.1, -0.05) is 56.3 Å². The van der Waals surface area contributed by atoms with Gasteiger partial charge in [0, 0.05) is 6.07 Å². The number of thioether (sulfide) groups is 1. The van der Waals surface area contributed by atoms with Crippen molar-refractivity contribution in [2.24, 2.45) is 5.41 Å². The minimum absolute atomic E-state index is 0.0498. The van der Waals surface area contributed by atoms with Crippen LogP contribution in [0.1, 0.15) is 44.6 Å². The Morgan fingerprint density at radius 2 is 1.81 bits per heavy atom. The molecule has 0 fully saturated rings. The van der Waals surface area contributed by atoms with E-state index in [0.717, 1.165) is 12.0 Å². The fourth-order valence-corrected chi connectivity index (χ4v) is 3.25. The number of hydrogen-bond acceptors (Lipinski definition) is 5. The van der Waals surface area contributed by atoms with Gasteiger partial charge in [0.15, 0.2) is 5.82 Å². The number of rotatable bonds is 8. The summed E-state index contributed by atoms with van der Waals surface area (Å²) in [6.45, 7) is 8.21. The highest BCUT2D eigenvalue weighted by molar-refractivity contribution is 8.00. The number of benzene rings is 1. The zero-order chi connectivity index (χ0) is 19.9. The van der Waals surface area contributed by atoms with Crippen molar-refractivity contribution in [2.45, 2.75) is 40.2 Å². The van der Waals surface area contributed by atoms with Crippen molar-refractivity contribution in [1.82, 2.24) is 10.5 Å². The number of nitrogens with one attached hydrogen (secondary N) is 2. The molecule has 0 spiro atoms. The van der Waals surface area contributed by atoms with Crippen molar-refractivity contribution in [3.8, 4) is 0 Å². The summed E-state index contributed by atoms with van der Waals surface area (Å²) in [6, 6.07) is 11.6. The number of hydrogen-bond donors (Lipinski definition) is 2. The van der Waals surface area contributed by atoms with E-state index in [1.807, 2.05) is 30.3 Å². The van der Waals surface area contributed by atoms with Crippen molar-refractivity contribution in [3.63, 3.8) is 0 Å². The van der Waals surface area contributed by atoms with Crippen LogP contribution in [0.15, 0.2) is 40.9 Å². The zero-order valence-electron chi connectivity index (χ0n) is 16.2. The molecule has 7 heteroatoms. The van der Waals surface area contributed by atoms with E-state index in [-0.39, 0.29) is 34.8 Å². The maximum Gasteiger partial charge on any atom is 0.235 e. The van der Waals surface area contributed by atoms with Crippen molar-refractivity contribution in [1.29, 1.82) is 0 Å². The van der Waals surface area contributed by atoms with Gasteiger partial charge in [-0.2, -0.15) is 0 Å². The van der Waals surface area contributed by atoms with Gasteiger partial charge in [0.1, 0.15) is 5.76 Å². The van der Waals surface area contributed by atoms with E-state index >= 15 is 0 Å². The fraction of sp³-hybridized carbons (Fsp3) is 0.450. The molecule has 27 heavy (non-hydrogen) atoms. The first-order chi connectivity index (χ1) is 12.7. The molecule has 0 radical (unpaired) electrons. The molecule has 2 N–H and O–H groups in total. The molecule has 1 atom stereocenters. The number of anilines is 1. The predicted molar refractivity (Wildman–Crippen MR) is 109 cm³/mol. The second kappa shape index (κ2) is 9.60. The summed E-state index contributed by atoms with van der Waals surface area (Å²) < 4.78 is 4.90. The molecule has 0 aliphatic heterocycles. The molecule has 0 saturated carbocycles. The smallest absolute Gasteiger partial charge is 0.235 e. The third kappa shape index (κ3) is 7.86. The van der Waals surface area contributed by atoms with Crippen LogP contribution in [0.25, 0.3) is 0 Å². The Morgan fingerprint density at radius 3 is 2.41 bits per heavy atom. The number of carbonyl (C=O) groups excluding carboxylic acids is 2. The summed E-state index contributed by atoms with van der Waals surface area (Å²) in [5.74, 6) is 1.12. The Balaban J connectivity index is 1.82. The summed E-state index contributed by atoms with van der Waals surface area (Å²) in [5, 5.41) is 9.45. The fourth-order valence-electron chi connectivity index (χ4n) is 2.63. The Hall–Kier alpha value is -2.28. The average Bonchev–Trinajstić information content (AvgIpc) is 2.98. The van der Waals surface area contributed by atoms with Crippen LogP contribution in [0, 0.1) is 12.3 Å². The topological polar surface area (TPSA) is 84.2 Å². The molecule has 1 aromatic heterocycles. The van der Waals surface area contributed by atoms with Crippen molar-refractivity contribution < 1.29 is 14.1 Å². The molecule has 1 aromatic carbocycles. The third-order valence-electron chi connectivity index (χ3n) is 3.72. The SMILES string of the molecule is Cc1cc(NC(=O)CSCC(=O)NC(CC(C)(C)C)c2ccccc2)no1. The lowest BCUT2D eigenvalue weighted by atomic mass is 9.85. The maximum atomic E-state index is 12.4. The highest BCUT2D eigenvalue weighted by Crippen LogP contribution is 2.29. The van der Waals surface area contributed by atoms with Crippen LogP contribution < -0.4 is 10.6 Å². The molecule has 146 valence electrons. The number of aryl methyl sites for hydroxylation is 1. The largest absolute Gasteiger partial charge is 0.360 e. The van der Waals surface area contributed by atoms with Crippen LogP contribution in [-0.4, -0.2) is 28.5 Å². The normalized spacial score (nSPS) is 12.4. The molecule has 2 aromatic rings. The summed E-state index contributed by atoms with van der Waals surface area (Å²) in [7, 11) is 0. The number of nitrogens with zero attached hydrogens (tertiary/aromatic N) is 1. The molecule has 1 unspecified atom stereocenters. The molecule has 0 saturated heterocycles. The molecule has 6 nitrogen and oxygen atoms in total.